The van der Waals surface area contributed by atoms with Crippen molar-refractivity contribution >= 4 is 33.3 Å². The van der Waals surface area contributed by atoms with Gasteiger partial charge >= 0.3 is 0 Å². The molecule has 0 aliphatic rings. The van der Waals surface area contributed by atoms with Crippen LogP contribution in [0.5, 0.6) is 0 Å². The molecular weight excluding hydrogens is 322 g/mol. The van der Waals surface area contributed by atoms with Gasteiger partial charge in [0, 0.05) is 17.2 Å². The van der Waals surface area contributed by atoms with Crippen molar-refractivity contribution in [2.75, 3.05) is 17.2 Å². The van der Waals surface area contributed by atoms with E-state index in [1.165, 1.54) is 18.7 Å². The second-order valence-corrected chi connectivity index (χ2v) is 4.97. The van der Waals surface area contributed by atoms with Crippen LogP contribution in [0.2, 0.25) is 0 Å². The lowest BCUT2D eigenvalue weighted by molar-refractivity contribution is 0.102. The Morgan fingerprint density at radius 3 is 2.75 bits per heavy atom. The predicted octanol–water partition coefficient (Wildman–Crippen LogP) is 2.71. The van der Waals surface area contributed by atoms with Gasteiger partial charge in [-0.2, -0.15) is 0 Å². The first-order valence-corrected chi connectivity index (χ1v) is 6.95. The summed E-state index contributed by atoms with van der Waals surface area (Å²) in [5, 5.41) is 5.87. The highest BCUT2D eigenvalue weighted by Gasteiger charge is 2.13. The summed E-state index contributed by atoms with van der Waals surface area (Å²) in [6.07, 6.45) is 7.08. The molecule has 6 nitrogen and oxygen atoms in total. The van der Waals surface area contributed by atoms with E-state index in [9.17, 15) is 4.79 Å². The lowest BCUT2D eigenvalue weighted by Crippen LogP contribution is -2.16. The number of rotatable bonds is 5. The molecule has 0 atom stereocenters. The van der Waals surface area contributed by atoms with Crippen molar-refractivity contribution in [3.63, 3.8) is 0 Å². The second-order valence-electron chi connectivity index (χ2n) is 4.06. The van der Waals surface area contributed by atoms with Gasteiger partial charge in [0.05, 0.1) is 23.6 Å². The highest BCUT2D eigenvalue weighted by molar-refractivity contribution is 9.10. The molecule has 2 aromatic heterocycles. The summed E-state index contributed by atoms with van der Waals surface area (Å²) in [4.78, 5) is 24.2. The molecule has 0 saturated heterocycles. The van der Waals surface area contributed by atoms with Gasteiger partial charge in [0.15, 0.2) is 0 Å². The minimum Gasteiger partial charge on any atom is -0.369 e. The number of halogens is 1. The van der Waals surface area contributed by atoms with Gasteiger partial charge in [0.2, 0.25) is 0 Å². The molecule has 0 radical (unpaired) electrons. The zero-order chi connectivity index (χ0) is 14.4. The molecule has 0 aromatic carbocycles. The van der Waals surface area contributed by atoms with Crippen LogP contribution in [0.25, 0.3) is 0 Å². The molecule has 1 amide bonds. The zero-order valence-corrected chi connectivity index (χ0v) is 12.5. The van der Waals surface area contributed by atoms with Crippen molar-refractivity contribution in [1.29, 1.82) is 0 Å². The maximum Gasteiger partial charge on any atom is 0.259 e. The number of hydrogen-bond donors (Lipinski definition) is 2. The summed E-state index contributed by atoms with van der Waals surface area (Å²) in [6, 6.07) is 1.73. The van der Waals surface area contributed by atoms with E-state index in [2.05, 4.69) is 41.5 Å². The fourth-order valence-corrected chi connectivity index (χ4v) is 1.89. The molecule has 2 heterocycles. The number of aromatic nitrogens is 3. The van der Waals surface area contributed by atoms with Crippen LogP contribution < -0.4 is 10.6 Å². The highest BCUT2D eigenvalue weighted by Crippen LogP contribution is 2.19. The maximum absolute atomic E-state index is 12.3. The van der Waals surface area contributed by atoms with Crippen LogP contribution in [0.1, 0.15) is 23.7 Å². The minimum absolute atomic E-state index is 0.257. The lowest BCUT2D eigenvalue weighted by Gasteiger charge is -2.11. The molecular formula is C13H14BrN5O. The average molecular weight is 336 g/mol. The molecule has 2 rings (SSSR count). The Labute approximate surface area is 125 Å². The van der Waals surface area contributed by atoms with Crippen molar-refractivity contribution in [3.8, 4) is 0 Å². The summed E-state index contributed by atoms with van der Waals surface area (Å²) in [5.41, 5.74) is 1.01. The third kappa shape index (κ3) is 3.74. The number of nitrogens with zero attached hydrogens (tertiary/aromatic N) is 3. The van der Waals surface area contributed by atoms with E-state index in [0.29, 0.717) is 17.1 Å². The fourth-order valence-electron chi connectivity index (χ4n) is 1.56. The summed E-state index contributed by atoms with van der Waals surface area (Å²) in [5.74, 6) is 0.302. The predicted molar refractivity (Wildman–Crippen MR) is 80.7 cm³/mol. The van der Waals surface area contributed by atoms with Gasteiger partial charge in [-0.1, -0.05) is 6.92 Å². The number of amides is 1. The van der Waals surface area contributed by atoms with Crippen LogP contribution in [0.3, 0.4) is 0 Å². The van der Waals surface area contributed by atoms with E-state index in [4.69, 9.17) is 0 Å². The average Bonchev–Trinajstić information content (AvgIpc) is 2.47. The van der Waals surface area contributed by atoms with Crippen molar-refractivity contribution in [3.05, 3.63) is 41.0 Å². The molecule has 2 aromatic rings. The molecule has 0 aliphatic heterocycles. The first-order valence-electron chi connectivity index (χ1n) is 6.16. The summed E-state index contributed by atoms with van der Waals surface area (Å²) >= 11 is 3.32. The summed E-state index contributed by atoms with van der Waals surface area (Å²) in [7, 11) is 0. The van der Waals surface area contributed by atoms with Crippen molar-refractivity contribution in [1.82, 2.24) is 15.0 Å². The first kappa shape index (κ1) is 14.4. The van der Waals surface area contributed by atoms with Gasteiger partial charge in [-0.25, -0.2) is 15.0 Å². The second kappa shape index (κ2) is 6.95. The van der Waals surface area contributed by atoms with Crippen molar-refractivity contribution in [2.24, 2.45) is 0 Å². The number of nitrogens with one attached hydrogen (secondary N) is 2. The Kier molecular flexibility index (Phi) is 5.00. The molecule has 2 N–H and O–H groups in total. The third-order valence-electron chi connectivity index (χ3n) is 2.46. The maximum atomic E-state index is 12.3. The van der Waals surface area contributed by atoms with Crippen LogP contribution in [-0.2, 0) is 0 Å². The molecule has 0 bridgehead atoms. The van der Waals surface area contributed by atoms with Crippen LogP contribution in [0, 0.1) is 0 Å². The highest BCUT2D eigenvalue weighted by atomic mass is 79.9. The zero-order valence-electron chi connectivity index (χ0n) is 10.9. The van der Waals surface area contributed by atoms with Gasteiger partial charge in [-0.15, -0.1) is 0 Å². The Bertz CT molecular complexity index is 591. The molecule has 0 saturated carbocycles. The summed E-state index contributed by atoms with van der Waals surface area (Å²) in [6.45, 7) is 2.80. The van der Waals surface area contributed by atoms with E-state index in [-0.39, 0.29) is 5.91 Å². The molecule has 0 fully saturated rings. The van der Waals surface area contributed by atoms with Crippen LogP contribution in [0.4, 0.5) is 11.5 Å². The lowest BCUT2D eigenvalue weighted by atomic mass is 10.2. The van der Waals surface area contributed by atoms with Crippen LogP contribution in [-0.4, -0.2) is 27.4 Å². The number of carbonyl (C=O) groups is 1. The standard InChI is InChI=1S/C13H14BrN5O/c1-2-3-17-12-11(4-9(14)5-18-12)13(20)19-10-6-15-8-16-7-10/h4-8H,2-3H2,1H3,(H,17,18)(H,19,20). The number of anilines is 2. The SMILES string of the molecule is CCCNc1ncc(Br)cc1C(=O)Nc1cncnc1. The van der Waals surface area contributed by atoms with E-state index in [1.807, 2.05) is 6.92 Å². The molecule has 20 heavy (non-hydrogen) atoms. The summed E-state index contributed by atoms with van der Waals surface area (Å²) < 4.78 is 0.744. The monoisotopic (exact) mass is 335 g/mol. The third-order valence-corrected chi connectivity index (χ3v) is 2.89. The Hall–Kier alpha value is -2.02. The van der Waals surface area contributed by atoms with Gasteiger partial charge in [0.1, 0.15) is 12.1 Å². The van der Waals surface area contributed by atoms with E-state index < -0.39 is 0 Å². The molecule has 0 aliphatic carbocycles. The van der Waals surface area contributed by atoms with Gasteiger partial charge in [0.25, 0.3) is 5.91 Å². The van der Waals surface area contributed by atoms with Crippen molar-refractivity contribution < 1.29 is 4.79 Å². The minimum atomic E-state index is -0.257. The fraction of sp³-hybridized carbons (Fsp3) is 0.231. The Balaban J connectivity index is 2.21. The largest absolute Gasteiger partial charge is 0.369 e. The van der Waals surface area contributed by atoms with Crippen LogP contribution in [0.15, 0.2) is 35.5 Å². The van der Waals surface area contributed by atoms with E-state index in [1.54, 1.807) is 12.3 Å². The number of pyridine rings is 1. The van der Waals surface area contributed by atoms with E-state index >= 15 is 0 Å². The quantitative estimate of drug-likeness (QED) is 0.878. The molecule has 0 unspecified atom stereocenters. The normalized spacial score (nSPS) is 10.1. The molecule has 104 valence electrons. The molecule has 7 heteroatoms. The smallest absolute Gasteiger partial charge is 0.259 e. The number of hydrogen-bond acceptors (Lipinski definition) is 5. The van der Waals surface area contributed by atoms with Crippen molar-refractivity contribution in [2.45, 2.75) is 13.3 Å². The Morgan fingerprint density at radius 2 is 2.05 bits per heavy atom. The topological polar surface area (TPSA) is 79.8 Å². The van der Waals surface area contributed by atoms with Gasteiger partial charge in [-0.05, 0) is 28.4 Å². The number of carbonyl (C=O) groups excluding carboxylic acids is 1. The van der Waals surface area contributed by atoms with Gasteiger partial charge < -0.3 is 10.6 Å². The first-order chi connectivity index (χ1) is 9.70. The van der Waals surface area contributed by atoms with E-state index in [0.717, 1.165) is 17.4 Å². The van der Waals surface area contributed by atoms with Crippen LogP contribution >= 0.6 is 15.9 Å². The Morgan fingerprint density at radius 1 is 1.30 bits per heavy atom. The molecule has 0 spiro atoms. The van der Waals surface area contributed by atoms with Gasteiger partial charge in [-0.3, -0.25) is 4.79 Å².